The van der Waals surface area contributed by atoms with Crippen molar-refractivity contribution in [3.8, 4) is 0 Å². The fourth-order valence-corrected chi connectivity index (χ4v) is 3.12. The molecule has 2 heterocycles. The van der Waals surface area contributed by atoms with Crippen LogP contribution in [0.3, 0.4) is 0 Å². The molecule has 0 aliphatic carbocycles. The predicted octanol–water partition coefficient (Wildman–Crippen LogP) is 2.09. The highest BCUT2D eigenvalue weighted by Crippen LogP contribution is 2.21. The zero-order valence-electron chi connectivity index (χ0n) is 14.2. The van der Waals surface area contributed by atoms with Crippen LogP contribution in [0.2, 0.25) is 0 Å². The first-order valence-corrected chi connectivity index (χ1v) is 8.39. The second-order valence-corrected chi connectivity index (χ2v) is 6.37. The smallest absolute Gasteiger partial charge is 0.257 e. The normalized spacial score (nSPS) is 17.4. The number of carbonyl (C=O) groups is 2. The van der Waals surface area contributed by atoms with Crippen LogP contribution in [-0.4, -0.2) is 34.3 Å². The second-order valence-electron chi connectivity index (χ2n) is 6.37. The Morgan fingerprint density at radius 1 is 1.32 bits per heavy atom. The molecule has 1 unspecified atom stereocenters. The van der Waals surface area contributed by atoms with Gasteiger partial charge in [-0.15, -0.1) is 0 Å². The molecule has 1 aromatic carbocycles. The van der Waals surface area contributed by atoms with Crippen LogP contribution in [0.5, 0.6) is 0 Å². The number of rotatable bonds is 5. The van der Waals surface area contributed by atoms with Gasteiger partial charge >= 0.3 is 0 Å². The molecule has 2 aromatic rings. The molecule has 3 N–H and O–H groups in total. The Labute approximate surface area is 147 Å². The van der Waals surface area contributed by atoms with Crippen LogP contribution in [0, 0.1) is 6.92 Å². The van der Waals surface area contributed by atoms with Crippen LogP contribution >= 0.6 is 0 Å². The number of aromatic nitrogens is 1. The van der Waals surface area contributed by atoms with Crippen molar-refractivity contribution >= 4 is 17.5 Å². The maximum atomic E-state index is 12.3. The van der Waals surface area contributed by atoms with Gasteiger partial charge in [0.05, 0.1) is 11.6 Å². The number of anilines is 1. The van der Waals surface area contributed by atoms with Crippen molar-refractivity contribution < 1.29 is 9.59 Å². The molecular formula is C19H22N4O2. The van der Waals surface area contributed by atoms with Crippen molar-refractivity contribution in [1.29, 1.82) is 0 Å². The number of primary amides is 1. The summed E-state index contributed by atoms with van der Waals surface area (Å²) in [4.78, 5) is 30.0. The highest BCUT2D eigenvalue weighted by Gasteiger charge is 2.28. The van der Waals surface area contributed by atoms with Gasteiger partial charge in [0.25, 0.3) is 5.91 Å². The third-order valence-corrected chi connectivity index (χ3v) is 4.44. The van der Waals surface area contributed by atoms with E-state index in [1.54, 1.807) is 12.3 Å². The lowest BCUT2D eigenvalue weighted by molar-refractivity contribution is -0.122. The number of likely N-dealkylation sites (tertiary alicyclic amines) is 1. The maximum Gasteiger partial charge on any atom is 0.257 e. The van der Waals surface area contributed by atoms with Gasteiger partial charge in [-0.3, -0.25) is 19.5 Å². The average molecular weight is 338 g/mol. The number of hydrogen-bond acceptors (Lipinski definition) is 4. The molecule has 6 heteroatoms. The van der Waals surface area contributed by atoms with Crippen molar-refractivity contribution in [1.82, 2.24) is 9.88 Å². The second kappa shape index (κ2) is 7.44. The predicted molar refractivity (Wildman–Crippen MR) is 96.0 cm³/mol. The molecule has 1 saturated heterocycles. The molecule has 2 amide bonds. The Kier molecular flexibility index (Phi) is 5.09. The van der Waals surface area contributed by atoms with E-state index in [1.165, 1.54) is 0 Å². The molecule has 0 bridgehead atoms. The van der Waals surface area contributed by atoms with Crippen molar-refractivity contribution in [3.63, 3.8) is 0 Å². The quantitative estimate of drug-likeness (QED) is 0.874. The van der Waals surface area contributed by atoms with Gasteiger partial charge in [-0.2, -0.15) is 0 Å². The van der Waals surface area contributed by atoms with Gasteiger partial charge in [0.2, 0.25) is 5.91 Å². The van der Waals surface area contributed by atoms with Gasteiger partial charge in [0.1, 0.15) is 0 Å². The van der Waals surface area contributed by atoms with Gasteiger partial charge in [-0.05, 0) is 56.1 Å². The van der Waals surface area contributed by atoms with E-state index in [9.17, 15) is 9.59 Å². The summed E-state index contributed by atoms with van der Waals surface area (Å²) in [6, 6.07) is 11.0. The Morgan fingerprint density at radius 3 is 2.88 bits per heavy atom. The number of amides is 2. The minimum Gasteiger partial charge on any atom is -0.368 e. The van der Waals surface area contributed by atoms with Crippen LogP contribution in [0.1, 0.15) is 34.5 Å². The number of aryl methyl sites for hydroxylation is 1. The molecule has 3 rings (SSSR count). The fraction of sp³-hybridized carbons (Fsp3) is 0.316. The van der Waals surface area contributed by atoms with E-state index in [1.807, 2.05) is 37.3 Å². The Morgan fingerprint density at radius 2 is 2.16 bits per heavy atom. The number of nitrogens with two attached hydrogens (primary N) is 1. The summed E-state index contributed by atoms with van der Waals surface area (Å²) in [5.74, 6) is -0.463. The number of nitrogens with one attached hydrogen (secondary N) is 1. The van der Waals surface area contributed by atoms with E-state index in [0.717, 1.165) is 36.3 Å². The molecule has 1 aliphatic rings. The highest BCUT2D eigenvalue weighted by molar-refractivity contribution is 6.04. The first-order chi connectivity index (χ1) is 12.0. The summed E-state index contributed by atoms with van der Waals surface area (Å²) in [5, 5.41) is 2.89. The summed E-state index contributed by atoms with van der Waals surface area (Å²) in [7, 11) is 0. The molecule has 1 fully saturated rings. The largest absolute Gasteiger partial charge is 0.368 e. The SMILES string of the molecule is Cc1ccc(C(=O)Nc2cccc(CN3CCCC3C(N)=O)c2)cn1. The standard InChI is InChI=1S/C19H22N4O2/c1-13-7-8-15(11-21-13)19(25)22-16-5-2-4-14(10-16)12-23-9-3-6-17(23)18(20)24/h2,4-5,7-8,10-11,17H,3,6,9,12H2,1H3,(H2,20,24)(H,22,25). The Hall–Kier alpha value is -2.73. The lowest BCUT2D eigenvalue weighted by Gasteiger charge is -2.22. The molecular weight excluding hydrogens is 316 g/mol. The van der Waals surface area contributed by atoms with Gasteiger partial charge in [-0.1, -0.05) is 12.1 Å². The molecule has 1 aromatic heterocycles. The highest BCUT2D eigenvalue weighted by atomic mass is 16.2. The number of nitrogens with zero attached hydrogens (tertiary/aromatic N) is 2. The van der Waals surface area contributed by atoms with Crippen LogP contribution in [0.15, 0.2) is 42.6 Å². The van der Waals surface area contributed by atoms with Crippen molar-refractivity contribution in [2.45, 2.75) is 32.4 Å². The van der Waals surface area contributed by atoms with Crippen molar-refractivity contribution in [2.75, 3.05) is 11.9 Å². The third kappa shape index (κ3) is 4.22. The fourth-order valence-electron chi connectivity index (χ4n) is 3.12. The average Bonchev–Trinajstić information content (AvgIpc) is 3.04. The lowest BCUT2D eigenvalue weighted by atomic mass is 10.1. The van der Waals surface area contributed by atoms with Crippen LogP contribution in [0.4, 0.5) is 5.69 Å². The Balaban J connectivity index is 1.68. The first-order valence-electron chi connectivity index (χ1n) is 8.39. The first kappa shape index (κ1) is 17.1. The summed E-state index contributed by atoms with van der Waals surface area (Å²) >= 11 is 0. The van der Waals surface area contributed by atoms with E-state index in [-0.39, 0.29) is 17.9 Å². The summed E-state index contributed by atoms with van der Waals surface area (Å²) in [6.07, 6.45) is 3.35. The molecule has 130 valence electrons. The summed E-state index contributed by atoms with van der Waals surface area (Å²) in [5.41, 5.74) is 8.61. The van der Waals surface area contributed by atoms with Gasteiger partial charge in [-0.25, -0.2) is 0 Å². The van der Waals surface area contributed by atoms with E-state index in [2.05, 4.69) is 15.2 Å². The zero-order chi connectivity index (χ0) is 17.8. The van der Waals surface area contributed by atoms with Gasteiger partial charge in [0.15, 0.2) is 0 Å². The molecule has 1 atom stereocenters. The zero-order valence-corrected chi connectivity index (χ0v) is 14.2. The lowest BCUT2D eigenvalue weighted by Crippen LogP contribution is -2.39. The number of pyridine rings is 1. The van der Waals surface area contributed by atoms with Crippen molar-refractivity contribution in [3.05, 3.63) is 59.4 Å². The van der Waals surface area contributed by atoms with E-state index in [0.29, 0.717) is 12.1 Å². The Bertz CT molecular complexity index is 773. The van der Waals surface area contributed by atoms with E-state index in [4.69, 9.17) is 5.73 Å². The third-order valence-electron chi connectivity index (χ3n) is 4.44. The molecule has 0 spiro atoms. The molecule has 0 saturated carbocycles. The number of benzene rings is 1. The monoisotopic (exact) mass is 338 g/mol. The van der Waals surface area contributed by atoms with Crippen molar-refractivity contribution in [2.24, 2.45) is 5.73 Å². The summed E-state index contributed by atoms with van der Waals surface area (Å²) < 4.78 is 0. The van der Waals surface area contributed by atoms with Crippen LogP contribution in [-0.2, 0) is 11.3 Å². The minimum absolute atomic E-state index is 0.194. The number of hydrogen-bond donors (Lipinski definition) is 2. The summed E-state index contributed by atoms with van der Waals surface area (Å²) in [6.45, 7) is 3.38. The maximum absolute atomic E-state index is 12.3. The van der Waals surface area contributed by atoms with E-state index < -0.39 is 0 Å². The van der Waals surface area contributed by atoms with Crippen LogP contribution in [0.25, 0.3) is 0 Å². The van der Waals surface area contributed by atoms with E-state index >= 15 is 0 Å². The molecule has 6 nitrogen and oxygen atoms in total. The minimum atomic E-state index is -0.270. The molecule has 1 aliphatic heterocycles. The molecule has 25 heavy (non-hydrogen) atoms. The van der Waals surface area contributed by atoms with Gasteiger partial charge in [0, 0.05) is 24.1 Å². The van der Waals surface area contributed by atoms with Crippen LogP contribution < -0.4 is 11.1 Å². The van der Waals surface area contributed by atoms with Gasteiger partial charge < -0.3 is 11.1 Å². The molecule has 0 radical (unpaired) electrons. The number of carbonyl (C=O) groups excluding carboxylic acids is 2. The topological polar surface area (TPSA) is 88.3 Å².